The van der Waals surface area contributed by atoms with Gasteiger partial charge in [-0.2, -0.15) is 0 Å². The molecule has 204 valence electrons. The third-order valence-electron chi connectivity index (χ3n) is 8.72. The summed E-state index contributed by atoms with van der Waals surface area (Å²) in [5.41, 5.74) is 3.43. The van der Waals surface area contributed by atoms with Crippen LogP contribution in [0.25, 0.3) is 0 Å². The molecule has 2 heterocycles. The van der Waals surface area contributed by atoms with E-state index in [2.05, 4.69) is 41.4 Å². The number of carbonyl (C=O) groups is 2. The maximum Gasteiger partial charge on any atom is 0.253 e. The molecule has 0 aromatic heterocycles. The molecule has 2 saturated heterocycles. The number of ether oxygens (including phenoxy) is 1. The van der Waals surface area contributed by atoms with Gasteiger partial charge in [-0.3, -0.25) is 9.59 Å². The van der Waals surface area contributed by atoms with Gasteiger partial charge in [0.1, 0.15) is 5.75 Å². The average Bonchev–Trinajstić information content (AvgIpc) is 2.98. The van der Waals surface area contributed by atoms with Crippen molar-refractivity contribution in [1.29, 1.82) is 0 Å². The zero-order chi connectivity index (χ0) is 26.3. The molecular weight excluding hydrogens is 474 g/mol. The highest BCUT2D eigenvalue weighted by atomic mass is 16.5. The Hall–Kier alpha value is -2.86. The van der Waals surface area contributed by atoms with Gasteiger partial charge in [0.15, 0.2) is 0 Å². The van der Waals surface area contributed by atoms with Crippen LogP contribution in [0.3, 0.4) is 0 Å². The minimum absolute atomic E-state index is 0.107. The molecule has 6 nitrogen and oxygen atoms in total. The van der Waals surface area contributed by atoms with E-state index in [4.69, 9.17) is 4.74 Å². The molecule has 1 unspecified atom stereocenters. The fourth-order valence-electron chi connectivity index (χ4n) is 6.37. The minimum Gasteiger partial charge on any atom is -0.494 e. The summed E-state index contributed by atoms with van der Waals surface area (Å²) >= 11 is 0. The molecule has 2 aliphatic heterocycles. The highest BCUT2D eigenvalue weighted by molar-refractivity contribution is 5.94. The lowest BCUT2D eigenvalue weighted by Gasteiger charge is -2.41. The lowest BCUT2D eigenvalue weighted by atomic mass is 9.86. The van der Waals surface area contributed by atoms with E-state index in [1.165, 1.54) is 11.1 Å². The maximum atomic E-state index is 13.1. The van der Waals surface area contributed by atoms with Crippen LogP contribution in [0.5, 0.6) is 5.75 Å². The Kier molecular flexibility index (Phi) is 9.00. The van der Waals surface area contributed by atoms with Crippen LogP contribution >= 0.6 is 0 Å². The third kappa shape index (κ3) is 6.40. The number of rotatable bonds is 8. The second kappa shape index (κ2) is 12.8. The summed E-state index contributed by atoms with van der Waals surface area (Å²) in [7, 11) is 0. The van der Waals surface area contributed by atoms with Gasteiger partial charge in [0, 0.05) is 30.6 Å². The SMILES string of the molecule is CCCCOc1ccc(C(=O)N2CCC(N3CCC(C(=O)NC4CCCc5ccccc54)CC3)CC2)cc1. The van der Waals surface area contributed by atoms with Gasteiger partial charge in [0.05, 0.1) is 12.6 Å². The van der Waals surface area contributed by atoms with Gasteiger partial charge in [0.2, 0.25) is 5.91 Å². The van der Waals surface area contributed by atoms with E-state index >= 15 is 0 Å². The summed E-state index contributed by atoms with van der Waals surface area (Å²) in [6, 6.07) is 16.8. The number of piperidine rings is 2. The number of unbranched alkanes of at least 4 members (excludes halogenated alkanes) is 1. The van der Waals surface area contributed by atoms with Crippen molar-refractivity contribution in [2.24, 2.45) is 5.92 Å². The van der Waals surface area contributed by atoms with Crippen LogP contribution in [0.15, 0.2) is 48.5 Å². The number of nitrogens with one attached hydrogen (secondary N) is 1. The van der Waals surface area contributed by atoms with Crippen LogP contribution in [0.2, 0.25) is 0 Å². The molecule has 2 fully saturated rings. The van der Waals surface area contributed by atoms with Crippen LogP contribution in [-0.4, -0.2) is 60.4 Å². The van der Waals surface area contributed by atoms with Gasteiger partial charge in [-0.15, -0.1) is 0 Å². The van der Waals surface area contributed by atoms with Crippen LogP contribution in [0.4, 0.5) is 0 Å². The lowest BCUT2D eigenvalue weighted by molar-refractivity contribution is -0.127. The van der Waals surface area contributed by atoms with Gasteiger partial charge in [0.25, 0.3) is 5.91 Å². The van der Waals surface area contributed by atoms with E-state index in [9.17, 15) is 9.59 Å². The van der Waals surface area contributed by atoms with Gasteiger partial charge in [-0.1, -0.05) is 37.6 Å². The summed E-state index contributed by atoms with van der Waals surface area (Å²) in [5.74, 6) is 1.28. The zero-order valence-electron chi connectivity index (χ0n) is 22.9. The Morgan fingerprint density at radius 1 is 0.921 bits per heavy atom. The minimum atomic E-state index is 0.107. The first kappa shape index (κ1) is 26.7. The zero-order valence-corrected chi connectivity index (χ0v) is 22.9. The van der Waals surface area contributed by atoms with Gasteiger partial charge < -0.3 is 19.9 Å². The fourth-order valence-corrected chi connectivity index (χ4v) is 6.37. The van der Waals surface area contributed by atoms with Crippen molar-refractivity contribution in [3.8, 4) is 5.75 Å². The standard InChI is InChI=1S/C32H43N3O3/c1-2-3-23-38-28-13-11-26(12-14-28)32(37)35-21-17-27(18-22-35)34-19-15-25(16-20-34)31(36)33-30-10-6-8-24-7-4-5-9-29(24)30/h4-5,7,9,11-14,25,27,30H,2-3,6,8,10,15-23H2,1H3,(H,33,36). The largest absolute Gasteiger partial charge is 0.494 e. The Labute approximate surface area is 227 Å². The number of amides is 2. The summed E-state index contributed by atoms with van der Waals surface area (Å²) in [4.78, 5) is 30.7. The van der Waals surface area contributed by atoms with Crippen LogP contribution in [-0.2, 0) is 11.2 Å². The first-order chi connectivity index (χ1) is 18.6. The average molecular weight is 518 g/mol. The fraction of sp³-hybridized carbons (Fsp3) is 0.562. The molecule has 1 aliphatic carbocycles. The Morgan fingerprint density at radius 3 is 2.39 bits per heavy atom. The number of nitrogens with zero attached hydrogens (tertiary/aromatic N) is 2. The number of benzene rings is 2. The Bertz CT molecular complexity index is 1070. The number of likely N-dealkylation sites (tertiary alicyclic amines) is 2. The normalized spacial score (nSPS) is 21.1. The number of carbonyl (C=O) groups excluding carboxylic acids is 2. The summed E-state index contributed by atoms with van der Waals surface area (Å²) in [6.45, 7) is 6.38. The Balaban J connectivity index is 1.05. The topological polar surface area (TPSA) is 61.9 Å². The van der Waals surface area contributed by atoms with Crippen molar-refractivity contribution in [3.05, 3.63) is 65.2 Å². The molecule has 0 radical (unpaired) electrons. The number of hydrogen-bond donors (Lipinski definition) is 1. The summed E-state index contributed by atoms with van der Waals surface area (Å²) < 4.78 is 5.73. The van der Waals surface area contributed by atoms with Crippen LogP contribution < -0.4 is 10.1 Å². The number of hydrogen-bond acceptors (Lipinski definition) is 4. The van der Waals surface area contributed by atoms with E-state index in [1.807, 2.05) is 29.2 Å². The summed E-state index contributed by atoms with van der Waals surface area (Å²) in [6.07, 6.45) is 9.28. The van der Waals surface area contributed by atoms with Crippen molar-refractivity contribution < 1.29 is 14.3 Å². The van der Waals surface area contributed by atoms with Crippen LogP contribution in [0.1, 0.15) is 85.8 Å². The van der Waals surface area contributed by atoms with Crippen molar-refractivity contribution in [2.75, 3.05) is 32.8 Å². The lowest BCUT2D eigenvalue weighted by Crippen LogP contribution is -2.50. The highest BCUT2D eigenvalue weighted by Gasteiger charge is 2.33. The second-order valence-electron chi connectivity index (χ2n) is 11.2. The van der Waals surface area contributed by atoms with Crippen molar-refractivity contribution in [2.45, 2.75) is 76.8 Å². The molecule has 0 saturated carbocycles. The predicted octanol–water partition coefficient (Wildman–Crippen LogP) is 5.38. The van der Waals surface area contributed by atoms with E-state index in [0.29, 0.717) is 12.6 Å². The first-order valence-electron chi connectivity index (χ1n) is 14.8. The summed E-state index contributed by atoms with van der Waals surface area (Å²) in [5, 5.41) is 3.38. The number of aryl methyl sites for hydroxylation is 1. The molecule has 38 heavy (non-hydrogen) atoms. The maximum absolute atomic E-state index is 13.1. The van der Waals surface area contributed by atoms with Crippen molar-refractivity contribution >= 4 is 11.8 Å². The molecule has 1 N–H and O–H groups in total. The van der Waals surface area contributed by atoms with Crippen molar-refractivity contribution in [3.63, 3.8) is 0 Å². The Morgan fingerprint density at radius 2 is 1.66 bits per heavy atom. The van der Waals surface area contributed by atoms with E-state index in [-0.39, 0.29) is 23.8 Å². The van der Waals surface area contributed by atoms with E-state index < -0.39 is 0 Å². The van der Waals surface area contributed by atoms with E-state index in [1.54, 1.807) is 0 Å². The highest BCUT2D eigenvalue weighted by Crippen LogP contribution is 2.31. The molecule has 2 aromatic carbocycles. The molecule has 2 aromatic rings. The van der Waals surface area contributed by atoms with Crippen LogP contribution in [0, 0.1) is 5.92 Å². The smallest absolute Gasteiger partial charge is 0.253 e. The predicted molar refractivity (Wildman–Crippen MR) is 150 cm³/mol. The first-order valence-corrected chi connectivity index (χ1v) is 14.8. The molecular formula is C32H43N3O3. The van der Waals surface area contributed by atoms with E-state index in [0.717, 1.165) is 95.3 Å². The monoisotopic (exact) mass is 517 g/mol. The second-order valence-corrected chi connectivity index (χ2v) is 11.2. The molecule has 1 atom stereocenters. The number of fused-ring (bicyclic) bond motifs is 1. The van der Waals surface area contributed by atoms with Gasteiger partial charge >= 0.3 is 0 Å². The van der Waals surface area contributed by atoms with Gasteiger partial charge in [-0.05, 0) is 99.8 Å². The quantitative estimate of drug-likeness (QED) is 0.478. The molecule has 0 bridgehead atoms. The molecule has 3 aliphatic rings. The molecule has 2 amide bonds. The van der Waals surface area contributed by atoms with Gasteiger partial charge in [-0.25, -0.2) is 0 Å². The third-order valence-corrected chi connectivity index (χ3v) is 8.72. The molecule has 6 heteroatoms. The molecule has 5 rings (SSSR count). The molecule has 0 spiro atoms. The van der Waals surface area contributed by atoms with Crippen molar-refractivity contribution in [1.82, 2.24) is 15.1 Å².